The molecule has 3 heterocycles. The molecule has 9 heteroatoms. The number of hydrogen-bond acceptors (Lipinski definition) is 4. The molecule has 1 unspecified atom stereocenters. The lowest BCUT2D eigenvalue weighted by molar-refractivity contribution is 0.335. The first-order valence-corrected chi connectivity index (χ1v) is 9.21. The van der Waals surface area contributed by atoms with E-state index in [-0.39, 0.29) is 23.3 Å². The van der Waals surface area contributed by atoms with E-state index in [4.69, 9.17) is 11.6 Å². The van der Waals surface area contributed by atoms with Crippen LogP contribution in [0.2, 0.25) is 5.02 Å². The Morgan fingerprint density at radius 3 is 2.91 bits per heavy atom. The monoisotopic (exact) mass is 378 g/mol. The zero-order valence-electron chi connectivity index (χ0n) is 12.8. The van der Waals surface area contributed by atoms with E-state index >= 15 is 0 Å². The van der Waals surface area contributed by atoms with E-state index in [0.717, 1.165) is 19.4 Å². The van der Waals surface area contributed by atoms with Gasteiger partial charge in [-0.05, 0) is 25.5 Å². The van der Waals surface area contributed by atoms with Crippen LogP contribution in [-0.4, -0.2) is 48.4 Å². The summed E-state index contributed by atoms with van der Waals surface area (Å²) >= 11 is 6.20. The van der Waals surface area contributed by atoms with Crippen molar-refractivity contribution in [2.75, 3.05) is 19.6 Å². The Balaban J connectivity index is 0.00000192. The molecular weight excluding hydrogens is 359 g/mol. The number of halogens is 2. The molecule has 1 saturated heterocycles. The van der Waals surface area contributed by atoms with Crippen LogP contribution in [0.15, 0.2) is 23.4 Å². The normalized spacial score (nSPS) is 18.5. The number of hydrogen-bond donors (Lipinski definition) is 2. The maximum atomic E-state index is 13.1. The highest BCUT2D eigenvalue weighted by Crippen LogP contribution is 2.31. The number of fused-ring (bicyclic) bond motifs is 1. The quantitative estimate of drug-likeness (QED) is 0.836. The van der Waals surface area contributed by atoms with Crippen LogP contribution in [0.3, 0.4) is 0 Å². The molecule has 2 aromatic rings. The molecular formula is C14H20Cl2N4O2S. The molecule has 0 spiro atoms. The first-order valence-electron chi connectivity index (χ1n) is 7.40. The fraction of sp³-hybridized carbons (Fsp3) is 0.500. The van der Waals surface area contributed by atoms with Crippen molar-refractivity contribution in [1.82, 2.24) is 19.6 Å². The molecule has 6 nitrogen and oxygen atoms in total. The molecule has 2 aromatic heterocycles. The Kier molecular flexibility index (Phi) is 5.91. The zero-order valence-corrected chi connectivity index (χ0v) is 15.1. The van der Waals surface area contributed by atoms with E-state index in [1.807, 2.05) is 6.92 Å². The fourth-order valence-corrected chi connectivity index (χ4v) is 5.15. The lowest BCUT2D eigenvalue weighted by atomic mass is 10.2. The molecule has 0 saturated carbocycles. The van der Waals surface area contributed by atoms with Crippen molar-refractivity contribution in [1.29, 1.82) is 0 Å². The van der Waals surface area contributed by atoms with Crippen molar-refractivity contribution in [2.24, 2.45) is 0 Å². The SMILES string of the molecule is CCCN(C1CCNC1)S(=O)(=O)c1c[nH]c2nccc(Cl)c12.Cl. The van der Waals surface area contributed by atoms with Gasteiger partial charge in [0.25, 0.3) is 0 Å². The number of sulfonamides is 1. The summed E-state index contributed by atoms with van der Waals surface area (Å²) < 4.78 is 27.9. The van der Waals surface area contributed by atoms with E-state index < -0.39 is 10.0 Å². The number of aromatic amines is 1. The van der Waals surface area contributed by atoms with Gasteiger partial charge in [-0.1, -0.05) is 18.5 Å². The Labute approximate surface area is 147 Å². The lowest BCUT2D eigenvalue weighted by Gasteiger charge is -2.27. The van der Waals surface area contributed by atoms with Gasteiger partial charge >= 0.3 is 0 Å². The Morgan fingerprint density at radius 2 is 2.26 bits per heavy atom. The summed E-state index contributed by atoms with van der Waals surface area (Å²) in [5, 5.41) is 4.09. The average molecular weight is 379 g/mol. The maximum absolute atomic E-state index is 13.1. The molecule has 0 aliphatic carbocycles. The molecule has 2 N–H and O–H groups in total. The summed E-state index contributed by atoms with van der Waals surface area (Å²) in [5.74, 6) is 0. The largest absolute Gasteiger partial charge is 0.345 e. The van der Waals surface area contributed by atoms with Gasteiger partial charge in [-0.15, -0.1) is 12.4 Å². The summed E-state index contributed by atoms with van der Waals surface area (Å²) in [6.07, 6.45) is 4.64. The summed E-state index contributed by atoms with van der Waals surface area (Å²) in [4.78, 5) is 7.26. The zero-order chi connectivity index (χ0) is 15.7. The molecule has 0 radical (unpaired) electrons. The van der Waals surface area contributed by atoms with Gasteiger partial charge < -0.3 is 10.3 Å². The van der Waals surface area contributed by atoms with Gasteiger partial charge in [-0.2, -0.15) is 4.31 Å². The minimum atomic E-state index is -3.61. The van der Waals surface area contributed by atoms with E-state index in [9.17, 15) is 8.42 Å². The van der Waals surface area contributed by atoms with E-state index in [1.54, 1.807) is 16.6 Å². The van der Waals surface area contributed by atoms with Crippen LogP contribution in [-0.2, 0) is 10.0 Å². The molecule has 1 atom stereocenters. The van der Waals surface area contributed by atoms with E-state index in [0.29, 0.717) is 29.1 Å². The van der Waals surface area contributed by atoms with Crippen LogP contribution in [0.1, 0.15) is 19.8 Å². The molecule has 0 aromatic carbocycles. The van der Waals surface area contributed by atoms with E-state index in [1.165, 1.54) is 6.20 Å². The fourth-order valence-electron chi connectivity index (χ4n) is 2.92. The van der Waals surface area contributed by atoms with Gasteiger partial charge in [0, 0.05) is 31.5 Å². The van der Waals surface area contributed by atoms with Crippen LogP contribution in [0.25, 0.3) is 11.0 Å². The number of nitrogens with one attached hydrogen (secondary N) is 2. The van der Waals surface area contributed by atoms with Gasteiger partial charge in [0.05, 0.1) is 10.4 Å². The predicted molar refractivity (Wildman–Crippen MR) is 93.8 cm³/mol. The first-order chi connectivity index (χ1) is 10.6. The van der Waals surface area contributed by atoms with Crippen molar-refractivity contribution in [2.45, 2.75) is 30.7 Å². The summed E-state index contributed by atoms with van der Waals surface area (Å²) in [7, 11) is -3.61. The third kappa shape index (κ3) is 3.34. The topological polar surface area (TPSA) is 78.1 Å². The summed E-state index contributed by atoms with van der Waals surface area (Å²) in [6, 6.07) is 1.60. The number of pyridine rings is 1. The van der Waals surface area contributed by atoms with Crippen LogP contribution in [0.4, 0.5) is 0 Å². The highest BCUT2D eigenvalue weighted by atomic mass is 35.5. The predicted octanol–water partition coefficient (Wildman–Crippen LogP) is 2.40. The van der Waals surface area contributed by atoms with Gasteiger partial charge in [-0.25, -0.2) is 13.4 Å². The molecule has 0 bridgehead atoms. The molecule has 3 rings (SSSR count). The Bertz CT molecular complexity index is 772. The molecule has 128 valence electrons. The minimum Gasteiger partial charge on any atom is -0.345 e. The van der Waals surface area contributed by atoms with E-state index in [2.05, 4.69) is 15.3 Å². The summed E-state index contributed by atoms with van der Waals surface area (Å²) in [6.45, 7) is 4.01. The van der Waals surface area contributed by atoms with Gasteiger partial charge in [0.1, 0.15) is 10.5 Å². The lowest BCUT2D eigenvalue weighted by Crippen LogP contribution is -2.41. The number of rotatable bonds is 5. The number of nitrogens with zero attached hydrogens (tertiary/aromatic N) is 2. The highest BCUT2D eigenvalue weighted by Gasteiger charge is 2.34. The van der Waals surface area contributed by atoms with Gasteiger partial charge in [0.2, 0.25) is 10.0 Å². The Morgan fingerprint density at radius 1 is 1.48 bits per heavy atom. The average Bonchev–Trinajstić information content (AvgIpc) is 3.14. The van der Waals surface area contributed by atoms with Crippen molar-refractivity contribution < 1.29 is 8.42 Å². The smallest absolute Gasteiger partial charge is 0.245 e. The summed E-state index contributed by atoms with van der Waals surface area (Å²) in [5.41, 5.74) is 0.493. The first kappa shape index (κ1) is 18.5. The molecule has 1 fully saturated rings. The number of aromatic nitrogens is 2. The minimum absolute atomic E-state index is 0. The van der Waals surface area contributed by atoms with Crippen LogP contribution in [0, 0.1) is 0 Å². The third-order valence-electron chi connectivity index (χ3n) is 3.96. The second-order valence-electron chi connectivity index (χ2n) is 5.43. The highest BCUT2D eigenvalue weighted by molar-refractivity contribution is 7.89. The van der Waals surface area contributed by atoms with Gasteiger partial charge in [-0.3, -0.25) is 0 Å². The van der Waals surface area contributed by atoms with Crippen LogP contribution in [0.5, 0.6) is 0 Å². The third-order valence-corrected chi connectivity index (χ3v) is 6.25. The van der Waals surface area contributed by atoms with Gasteiger partial charge in [0.15, 0.2) is 0 Å². The maximum Gasteiger partial charge on any atom is 0.245 e. The second-order valence-corrected chi connectivity index (χ2v) is 7.70. The molecule has 0 amide bonds. The molecule has 1 aliphatic rings. The van der Waals surface area contributed by atoms with Crippen LogP contribution < -0.4 is 5.32 Å². The van der Waals surface area contributed by atoms with Crippen molar-refractivity contribution >= 4 is 45.1 Å². The van der Waals surface area contributed by atoms with Crippen molar-refractivity contribution in [3.63, 3.8) is 0 Å². The molecule has 23 heavy (non-hydrogen) atoms. The van der Waals surface area contributed by atoms with Crippen molar-refractivity contribution in [3.05, 3.63) is 23.5 Å². The van der Waals surface area contributed by atoms with Crippen molar-refractivity contribution in [3.8, 4) is 0 Å². The molecule has 1 aliphatic heterocycles. The standard InChI is InChI=1S/C14H19ClN4O2S.ClH/c1-2-7-19(10-3-5-16-8-10)22(20,21)12-9-18-14-13(12)11(15)4-6-17-14;/h4,6,9-10,16H,2-3,5,7-8H2,1H3,(H,17,18);1H. The van der Waals surface area contributed by atoms with Crippen LogP contribution >= 0.6 is 24.0 Å². The Hall–Kier alpha value is -0.860. The number of H-pyrrole nitrogens is 1. The second kappa shape index (κ2) is 7.36.